The summed E-state index contributed by atoms with van der Waals surface area (Å²) in [6.07, 6.45) is 0.469. The number of hydrogen-bond acceptors (Lipinski definition) is 3. The zero-order chi connectivity index (χ0) is 17.6. The van der Waals surface area contributed by atoms with Gasteiger partial charge in [-0.05, 0) is 41.7 Å². The van der Waals surface area contributed by atoms with Crippen LogP contribution >= 0.6 is 0 Å². The minimum absolute atomic E-state index is 0.0758. The Morgan fingerprint density at radius 3 is 2.68 bits per heavy atom. The van der Waals surface area contributed by atoms with Gasteiger partial charge in [-0.1, -0.05) is 44.2 Å². The quantitative estimate of drug-likeness (QED) is 0.855. The van der Waals surface area contributed by atoms with Gasteiger partial charge in [0.05, 0.1) is 6.61 Å². The summed E-state index contributed by atoms with van der Waals surface area (Å²) < 4.78 is 26.1. The first-order chi connectivity index (χ1) is 12.1. The summed E-state index contributed by atoms with van der Waals surface area (Å²) in [5.41, 5.74) is 1.97. The lowest BCUT2D eigenvalue weighted by molar-refractivity contribution is -0.0435. The highest BCUT2D eigenvalue weighted by Gasteiger charge is 2.28. The summed E-state index contributed by atoms with van der Waals surface area (Å²) in [6, 6.07) is 14.9. The Morgan fingerprint density at radius 2 is 2.00 bits per heavy atom. The highest BCUT2D eigenvalue weighted by atomic mass is 19.1. The average molecular weight is 343 g/mol. The summed E-state index contributed by atoms with van der Waals surface area (Å²) in [4.78, 5) is 0. The predicted octanol–water partition coefficient (Wildman–Crippen LogP) is 4.13. The largest absolute Gasteiger partial charge is 0.483 e. The van der Waals surface area contributed by atoms with Crippen molar-refractivity contribution in [1.82, 2.24) is 5.32 Å². The van der Waals surface area contributed by atoms with Crippen LogP contribution in [-0.2, 0) is 11.2 Å². The summed E-state index contributed by atoms with van der Waals surface area (Å²) in [5.74, 6) is 0.930. The zero-order valence-corrected chi connectivity index (χ0v) is 14.9. The van der Waals surface area contributed by atoms with E-state index in [1.165, 1.54) is 6.07 Å². The fourth-order valence-electron chi connectivity index (χ4n) is 3.18. The SMILES string of the molecule is CC(C)Cc1cc(F)ccc1OC(c1ccccc1)C1CNCCO1. The maximum absolute atomic E-state index is 13.7. The predicted molar refractivity (Wildman–Crippen MR) is 97.4 cm³/mol. The van der Waals surface area contributed by atoms with Gasteiger partial charge in [-0.15, -0.1) is 0 Å². The molecule has 0 aliphatic carbocycles. The van der Waals surface area contributed by atoms with Gasteiger partial charge in [-0.3, -0.25) is 0 Å². The minimum Gasteiger partial charge on any atom is -0.483 e. The van der Waals surface area contributed by atoms with Crippen molar-refractivity contribution < 1.29 is 13.9 Å². The molecule has 0 radical (unpaired) electrons. The maximum atomic E-state index is 13.7. The second-order valence-corrected chi connectivity index (χ2v) is 6.91. The van der Waals surface area contributed by atoms with Crippen LogP contribution in [0.1, 0.15) is 31.1 Å². The van der Waals surface area contributed by atoms with E-state index in [0.717, 1.165) is 36.4 Å². The molecular weight excluding hydrogens is 317 g/mol. The van der Waals surface area contributed by atoms with E-state index in [-0.39, 0.29) is 18.0 Å². The van der Waals surface area contributed by atoms with E-state index >= 15 is 0 Å². The van der Waals surface area contributed by atoms with Crippen LogP contribution in [0.15, 0.2) is 48.5 Å². The van der Waals surface area contributed by atoms with Gasteiger partial charge in [0.25, 0.3) is 0 Å². The minimum atomic E-state index is -0.231. The Labute approximate surface area is 149 Å². The maximum Gasteiger partial charge on any atom is 0.151 e. The van der Waals surface area contributed by atoms with Gasteiger partial charge >= 0.3 is 0 Å². The molecule has 0 spiro atoms. The molecule has 2 aromatic carbocycles. The molecule has 0 bridgehead atoms. The number of nitrogens with one attached hydrogen (secondary N) is 1. The number of benzene rings is 2. The van der Waals surface area contributed by atoms with Crippen molar-refractivity contribution in [1.29, 1.82) is 0 Å². The molecule has 3 nitrogen and oxygen atoms in total. The molecule has 0 amide bonds. The van der Waals surface area contributed by atoms with Crippen molar-refractivity contribution in [3.63, 3.8) is 0 Å². The molecule has 4 heteroatoms. The second-order valence-electron chi connectivity index (χ2n) is 6.91. The topological polar surface area (TPSA) is 30.5 Å². The number of hydrogen-bond donors (Lipinski definition) is 1. The summed E-state index contributed by atoms with van der Waals surface area (Å²) >= 11 is 0. The van der Waals surface area contributed by atoms with E-state index in [1.807, 2.05) is 30.3 Å². The molecule has 2 aromatic rings. The smallest absolute Gasteiger partial charge is 0.151 e. The fourth-order valence-corrected chi connectivity index (χ4v) is 3.18. The van der Waals surface area contributed by atoms with Crippen LogP contribution < -0.4 is 10.1 Å². The monoisotopic (exact) mass is 343 g/mol. The Kier molecular flexibility index (Phi) is 6.05. The Bertz CT molecular complexity index is 669. The molecule has 0 aromatic heterocycles. The Morgan fingerprint density at radius 1 is 1.20 bits per heavy atom. The van der Waals surface area contributed by atoms with E-state index in [4.69, 9.17) is 9.47 Å². The van der Waals surface area contributed by atoms with Crippen LogP contribution in [0.3, 0.4) is 0 Å². The molecule has 0 saturated carbocycles. The van der Waals surface area contributed by atoms with Crippen molar-refractivity contribution in [2.24, 2.45) is 5.92 Å². The lowest BCUT2D eigenvalue weighted by Gasteiger charge is -2.32. The summed E-state index contributed by atoms with van der Waals surface area (Å²) in [5, 5.41) is 3.36. The van der Waals surface area contributed by atoms with Crippen LogP contribution in [-0.4, -0.2) is 25.8 Å². The third-order valence-electron chi connectivity index (χ3n) is 4.33. The van der Waals surface area contributed by atoms with Crippen molar-refractivity contribution >= 4 is 0 Å². The first kappa shape index (κ1) is 17.9. The molecule has 1 heterocycles. The van der Waals surface area contributed by atoms with E-state index < -0.39 is 0 Å². The summed E-state index contributed by atoms with van der Waals surface area (Å²) in [6.45, 7) is 6.50. The molecule has 1 saturated heterocycles. The average Bonchev–Trinajstić information content (AvgIpc) is 2.62. The molecule has 1 aliphatic rings. The first-order valence-corrected chi connectivity index (χ1v) is 8.96. The molecule has 3 rings (SSSR count). The van der Waals surface area contributed by atoms with Crippen LogP contribution in [0.4, 0.5) is 4.39 Å². The van der Waals surface area contributed by atoms with Crippen molar-refractivity contribution in [3.05, 3.63) is 65.5 Å². The molecule has 2 atom stereocenters. The highest BCUT2D eigenvalue weighted by Crippen LogP contribution is 2.31. The first-order valence-electron chi connectivity index (χ1n) is 8.96. The number of rotatable bonds is 6. The second kappa shape index (κ2) is 8.45. The van der Waals surface area contributed by atoms with Gasteiger partial charge < -0.3 is 14.8 Å². The fraction of sp³-hybridized carbons (Fsp3) is 0.429. The molecule has 25 heavy (non-hydrogen) atoms. The molecular formula is C21H26FNO2. The highest BCUT2D eigenvalue weighted by molar-refractivity contribution is 5.35. The Balaban J connectivity index is 1.90. The number of morpholine rings is 1. The van der Waals surface area contributed by atoms with E-state index in [2.05, 4.69) is 19.2 Å². The Hall–Kier alpha value is -1.91. The van der Waals surface area contributed by atoms with Crippen molar-refractivity contribution in [3.8, 4) is 5.75 Å². The van der Waals surface area contributed by atoms with E-state index in [0.29, 0.717) is 12.5 Å². The number of halogens is 1. The third kappa shape index (κ3) is 4.80. The molecule has 1 N–H and O–H groups in total. The van der Waals surface area contributed by atoms with Crippen LogP contribution in [0.25, 0.3) is 0 Å². The van der Waals surface area contributed by atoms with Gasteiger partial charge in [0.2, 0.25) is 0 Å². The third-order valence-corrected chi connectivity index (χ3v) is 4.33. The van der Waals surface area contributed by atoms with Gasteiger partial charge in [-0.25, -0.2) is 4.39 Å². The van der Waals surface area contributed by atoms with Gasteiger partial charge in [0.1, 0.15) is 17.7 Å². The van der Waals surface area contributed by atoms with Gasteiger partial charge in [0, 0.05) is 13.1 Å². The molecule has 2 unspecified atom stereocenters. The molecule has 134 valence electrons. The zero-order valence-electron chi connectivity index (χ0n) is 14.9. The van der Waals surface area contributed by atoms with Gasteiger partial charge in [-0.2, -0.15) is 0 Å². The number of ether oxygens (including phenoxy) is 2. The van der Waals surface area contributed by atoms with Crippen LogP contribution in [0.5, 0.6) is 5.75 Å². The van der Waals surface area contributed by atoms with Crippen LogP contribution in [0.2, 0.25) is 0 Å². The molecule has 1 fully saturated rings. The normalized spacial score (nSPS) is 19.0. The van der Waals surface area contributed by atoms with Gasteiger partial charge in [0.15, 0.2) is 6.10 Å². The summed E-state index contributed by atoms with van der Waals surface area (Å²) in [7, 11) is 0. The molecule has 1 aliphatic heterocycles. The lowest BCUT2D eigenvalue weighted by atomic mass is 10.0. The van der Waals surface area contributed by atoms with E-state index in [1.54, 1.807) is 12.1 Å². The lowest BCUT2D eigenvalue weighted by Crippen LogP contribution is -2.43. The van der Waals surface area contributed by atoms with Crippen molar-refractivity contribution in [2.45, 2.75) is 32.5 Å². The van der Waals surface area contributed by atoms with Crippen LogP contribution in [0, 0.1) is 11.7 Å². The van der Waals surface area contributed by atoms with Crippen molar-refractivity contribution in [2.75, 3.05) is 19.7 Å². The van der Waals surface area contributed by atoms with E-state index in [9.17, 15) is 4.39 Å². The standard InChI is InChI=1S/C21H26FNO2/c1-15(2)12-17-13-18(22)8-9-19(17)25-21(16-6-4-3-5-7-16)20-14-23-10-11-24-20/h3-9,13,15,20-21,23H,10-12,14H2,1-2H3.